The summed E-state index contributed by atoms with van der Waals surface area (Å²) in [5.41, 5.74) is 2.74. The third-order valence-electron chi connectivity index (χ3n) is 4.02. The molecule has 3 rings (SSSR count). The number of rotatable bonds is 8. The van der Waals surface area contributed by atoms with Crippen molar-refractivity contribution in [3.8, 4) is 22.8 Å². The van der Waals surface area contributed by atoms with E-state index in [2.05, 4.69) is 15.1 Å². The van der Waals surface area contributed by atoms with Gasteiger partial charge in [-0.25, -0.2) is 14.6 Å². The molecule has 0 amide bonds. The molecule has 0 aliphatic carbocycles. The molecule has 0 aliphatic rings. The minimum atomic E-state index is -2.96. The van der Waals surface area contributed by atoms with Gasteiger partial charge in [0.15, 0.2) is 0 Å². The van der Waals surface area contributed by atoms with E-state index in [1.807, 2.05) is 13.0 Å². The van der Waals surface area contributed by atoms with Crippen LogP contribution in [-0.2, 0) is 13.0 Å². The number of hydrogen-bond acceptors (Lipinski definition) is 5. The van der Waals surface area contributed by atoms with Crippen LogP contribution in [0.4, 0.5) is 8.78 Å². The molecule has 0 spiro atoms. The topological polar surface area (TPSA) is 62.1 Å². The first kappa shape index (κ1) is 18.8. The van der Waals surface area contributed by atoms with E-state index in [9.17, 15) is 8.78 Å². The maximum Gasteiger partial charge on any atom is 0.388 e. The molecular formula is C19H20F2N4O2. The van der Waals surface area contributed by atoms with Gasteiger partial charge < -0.3 is 9.47 Å². The Hall–Kier alpha value is -3.03. The molecule has 0 aliphatic heterocycles. The van der Waals surface area contributed by atoms with Gasteiger partial charge in [0.25, 0.3) is 0 Å². The first-order chi connectivity index (χ1) is 13.1. The third kappa shape index (κ3) is 4.58. The van der Waals surface area contributed by atoms with Crippen molar-refractivity contribution in [2.75, 3.05) is 7.11 Å². The Morgan fingerprint density at radius 1 is 1.22 bits per heavy atom. The summed E-state index contributed by atoms with van der Waals surface area (Å²) < 4.78 is 37.6. The van der Waals surface area contributed by atoms with Crippen LogP contribution in [0.3, 0.4) is 0 Å². The number of nitrogens with zero attached hydrogens (tertiary/aromatic N) is 4. The van der Waals surface area contributed by atoms with Crippen LogP contribution in [0.25, 0.3) is 11.1 Å². The Bertz CT molecular complexity index is 885. The number of aromatic nitrogens is 4. The molecule has 0 bridgehead atoms. The van der Waals surface area contributed by atoms with Crippen molar-refractivity contribution in [2.45, 2.75) is 32.9 Å². The van der Waals surface area contributed by atoms with Crippen LogP contribution >= 0.6 is 0 Å². The first-order valence-electron chi connectivity index (χ1n) is 8.55. The smallest absolute Gasteiger partial charge is 0.388 e. The molecule has 0 N–H and O–H groups in total. The molecule has 27 heavy (non-hydrogen) atoms. The van der Waals surface area contributed by atoms with Gasteiger partial charge in [-0.05, 0) is 35.7 Å². The van der Waals surface area contributed by atoms with Gasteiger partial charge >= 0.3 is 6.61 Å². The summed E-state index contributed by atoms with van der Waals surface area (Å²) in [6.45, 7) is -0.517. The molecule has 142 valence electrons. The van der Waals surface area contributed by atoms with Crippen LogP contribution in [0.5, 0.6) is 11.6 Å². The van der Waals surface area contributed by atoms with E-state index < -0.39 is 6.61 Å². The predicted octanol–water partition coefficient (Wildman–Crippen LogP) is 3.95. The average molecular weight is 374 g/mol. The zero-order chi connectivity index (χ0) is 19.2. The molecule has 1 aromatic carbocycles. The minimum absolute atomic E-state index is 0.0935. The monoisotopic (exact) mass is 374 g/mol. The van der Waals surface area contributed by atoms with Crippen molar-refractivity contribution in [2.24, 2.45) is 0 Å². The molecule has 0 saturated heterocycles. The molecule has 6 nitrogen and oxygen atoms in total. The Labute approximate surface area is 155 Å². The number of hydrogen-bond donors (Lipinski definition) is 0. The van der Waals surface area contributed by atoms with Crippen LogP contribution < -0.4 is 9.47 Å². The highest BCUT2D eigenvalue weighted by Crippen LogP contribution is 2.34. The van der Waals surface area contributed by atoms with Gasteiger partial charge in [0.05, 0.1) is 13.7 Å². The van der Waals surface area contributed by atoms with E-state index in [0.29, 0.717) is 35.5 Å². The predicted molar refractivity (Wildman–Crippen MR) is 96.0 cm³/mol. The van der Waals surface area contributed by atoms with Crippen molar-refractivity contribution < 1.29 is 18.3 Å². The number of methoxy groups -OCH3 is 1. The van der Waals surface area contributed by atoms with Crippen molar-refractivity contribution in [3.05, 3.63) is 54.2 Å². The lowest BCUT2D eigenvalue weighted by atomic mass is 10.0. The molecule has 3 aromatic rings. The summed E-state index contributed by atoms with van der Waals surface area (Å²) in [5, 5.41) is 4.12. The fourth-order valence-electron chi connectivity index (χ4n) is 2.82. The lowest BCUT2D eigenvalue weighted by Gasteiger charge is -2.16. The van der Waals surface area contributed by atoms with E-state index in [1.54, 1.807) is 42.4 Å². The van der Waals surface area contributed by atoms with Crippen LogP contribution in [0.1, 0.15) is 24.6 Å². The highest BCUT2D eigenvalue weighted by Gasteiger charge is 2.18. The van der Waals surface area contributed by atoms with Gasteiger partial charge in [0.1, 0.15) is 18.4 Å². The molecule has 0 radical (unpaired) electrons. The average Bonchev–Trinajstić information content (AvgIpc) is 3.16. The SMILES string of the molecule is CCCc1nc(OC(F)F)c(-c2cccc(OC)c2)cc1Cn1cncn1. The van der Waals surface area contributed by atoms with Gasteiger partial charge in [0.2, 0.25) is 5.88 Å². The van der Waals surface area contributed by atoms with Gasteiger partial charge in [-0.15, -0.1) is 0 Å². The van der Waals surface area contributed by atoms with Gasteiger partial charge in [0, 0.05) is 11.3 Å². The van der Waals surface area contributed by atoms with E-state index >= 15 is 0 Å². The Morgan fingerprint density at radius 2 is 2.07 bits per heavy atom. The number of alkyl halides is 2. The van der Waals surface area contributed by atoms with Crippen LogP contribution in [0, 0.1) is 0 Å². The van der Waals surface area contributed by atoms with Crippen LogP contribution in [0.2, 0.25) is 0 Å². The molecule has 8 heteroatoms. The van der Waals surface area contributed by atoms with Crippen molar-refractivity contribution in [3.63, 3.8) is 0 Å². The summed E-state index contributed by atoms with van der Waals surface area (Å²) in [4.78, 5) is 8.36. The zero-order valence-electron chi connectivity index (χ0n) is 15.1. The lowest BCUT2D eigenvalue weighted by Crippen LogP contribution is -2.10. The zero-order valence-corrected chi connectivity index (χ0v) is 15.1. The third-order valence-corrected chi connectivity index (χ3v) is 4.02. The summed E-state index contributed by atoms with van der Waals surface area (Å²) in [7, 11) is 1.55. The fourth-order valence-corrected chi connectivity index (χ4v) is 2.82. The van der Waals surface area contributed by atoms with E-state index in [4.69, 9.17) is 9.47 Å². The van der Waals surface area contributed by atoms with Crippen molar-refractivity contribution in [1.82, 2.24) is 19.7 Å². The number of aryl methyl sites for hydroxylation is 1. The quantitative estimate of drug-likeness (QED) is 0.597. The van der Waals surface area contributed by atoms with E-state index in [1.165, 1.54) is 6.33 Å². The lowest BCUT2D eigenvalue weighted by molar-refractivity contribution is -0.0525. The minimum Gasteiger partial charge on any atom is -0.497 e. The van der Waals surface area contributed by atoms with Crippen molar-refractivity contribution >= 4 is 0 Å². The second kappa shape index (κ2) is 8.57. The Kier molecular flexibility index (Phi) is 5.95. The summed E-state index contributed by atoms with van der Waals surface area (Å²) in [6.07, 6.45) is 4.51. The number of benzene rings is 1. The highest BCUT2D eigenvalue weighted by molar-refractivity contribution is 5.71. The largest absolute Gasteiger partial charge is 0.497 e. The summed E-state index contributed by atoms with van der Waals surface area (Å²) >= 11 is 0. The first-order valence-corrected chi connectivity index (χ1v) is 8.55. The summed E-state index contributed by atoms with van der Waals surface area (Å²) in [5.74, 6) is 0.523. The molecule has 2 heterocycles. The number of halogens is 2. The molecule has 0 atom stereocenters. The standard InChI is InChI=1S/C19H20F2N4O2/c1-3-5-17-14(10-25-12-22-11-23-25)9-16(18(24-17)27-19(20)21)13-6-4-7-15(8-13)26-2/h4,6-9,11-12,19H,3,5,10H2,1-2H3. The molecule has 2 aromatic heterocycles. The number of ether oxygens (including phenoxy) is 2. The fraction of sp³-hybridized carbons (Fsp3) is 0.316. The van der Waals surface area contributed by atoms with Gasteiger partial charge in [-0.1, -0.05) is 25.5 Å². The van der Waals surface area contributed by atoms with E-state index in [0.717, 1.165) is 12.0 Å². The van der Waals surface area contributed by atoms with E-state index in [-0.39, 0.29) is 5.88 Å². The Morgan fingerprint density at radius 3 is 2.74 bits per heavy atom. The van der Waals surface area contributed by atoms with Gasteiger partial charge in [-0.2, -0.15) is 13.9 Å². The summed E-state index contributed by atoms with van der Waals surface area (Å²) in [6, 6.07) is 8.96. The molecule has 0 unspecified atom stereocenters. The normalized spacial score (nSPS) is 11.0. The molecular weight excluding hydrogens is 354 g/mol. The maximum atomic E-state index is 13.0. The number of pyridine rings is 1. The highest BCUT2D eigenvalue weighted by atomic mass is 19.3. The van der Waals surface area contributed by atoms with Crippen molar-refractivity contribution in [1.29, 1.82) is 0 Å². The van der Waals surface area contributed by atoms with Crippen LogP contribution in [-0.4, -0.2) is 33.5 Å². The molecule has 0 saturated carbocycles. The van der Waals surface area contributed by atoms with Crippen LogP contribution in [0.15, 0.2) is 43.0 Å². The maximum absolute atomic E-state index is 13.0. The second-order valence-electron chi connectivity index (χ2n) is 5.90. The Balaban J connectivity index is 2.12. The second-order valence-corrected chi connectivity index (χ2v) is 5.90. The molecule has 0 fully saturated rings. The van der Waals surface area contributed by atoms with Gasteiger partial charge in [-0.3, -0.25) is 0 Å².